The number of halogens is 1. The minimum absolute atomic E-state index is 0.651. The number of hydrogen-bond donors (Lipinski definition) is 0. The second-order valence-electron chi connectivity index (χ2n) is 3.85. The number of pyridine rings is 1. The molecule has 84 valence electrons. The predicted molar refractivity (Wildman–Crippen MR) is 68.1 cm³/mol. The number of hydrogen-bond acceptors (Lipinski definition) is 2. The summed E-state index contributed by atoms with van der Waals surface area (Å²) < 4.78 is 1.81. The van der Waals surface area contributed by atoms with Crippen LogP contribution in [-0.4, -0.2) is 14.8 Å². The van der Waals surface area contributed by atoms with Crippen molar-refractivity contribution >= 4 is 22.5 Å². The molecule has 0 aliphatic carbocycles. The monoisotopic (exact) mass is 243 g/mol. The van der Waals surface area contributed by atoms with Gasteiger partial charge in [-0.1, -0.05) is 35.9 Å². The van der Waals surface area contributed by atoms with E-state index in [1.54, 1.807) is 6.20 Å². The topological polar surface area (TPSA) is 30.7 Å². The zero-order valence-electron chi connectivity index (χ0n) is 9.05. The summed E-state index contributed by atoms with van der Waals surface area (Å²) in [6.45, 7) is 0.682. The first kappa shape index (κ1) is 10.3. The maximum atomic E-state index is 5.85. The van der Waals surface area contributed by atoms with Gasteiger partial charge in [0.15, 0.2) is 0 Å². The Morgan fingerprint density at radius 1 is 1.18 bits per heavy atom. The van der Waals surface area contributed by atoms with E-state index in [1.165, 1.54) is 0 Å². The third-order valence-corrected chi connectivity index (χ3v) is 2.85. The van der Waals surface area contributed by atoms with Gasteiger partial charge in [-0.25, -0.2) is 0 Å². The summed E-state index contributed by atoms with van der Waals surface area (Å²) in [5, 5.41) is 5.97. The van der Waals surface area contributed by atoms with Gasteiger partial charge in [0.1, 0.15) is 0 Å². The second-order valence-corrected chi connectivity index (χ2v) is 4.28. The SMILES string of the molecule is Clc1cnn(Cc2cccc3cccnc23)c1. The third kappa shape index (κ3) is 2.01. The third-order valence-electron chi connectivity index (χ3n) is 2.65. The highest BCUT2D eigenvalue weighted by Crippen LogP contribution is 2.17. The van der Waals surface area contributed by atoms with E-state index < -0.39 is 0 Å². The minimum Gasteiger partial charge on any atom is -0.267 e. The van der Waals surface area contributed by atoms with E-state index in [0.717, 1.165) is 16.5 Å². The van der Waals surface area contributed by atoms with Crippen molar-refractivity contribution in [3.63, 3.8) is 0 Å². The number of rotatable bonds is 2. The normalized spacial score (nSPS) is 10.9. The number of para-hydroxylation sites is 1. The van der Waals surface area contributed by atoms with Gasteiger partial charge in [0, 0.05) is 17.8 Å². The molecule has 2 heterocycles. The maximum Gasteiger partial charge on any atom is 0.0785 e. The average molecular weight is 244 g/mol. The molecule has 1 aromatic carbocycles. The van der Waals surface area contributed by atoms with Crippen molar-refractivity contribution in [1.82, 2.24) is 14.8 Å². The van der Waals surface area contributed by atoms with Crippen LogP contribution >= 0.6 is 11.6 Å². The molecule has 0 bridgehead atoms. The molecule has 2 aromatic heterocycles. The van der Waals surface area contributed by atoms with E-state index >= 15 is 0 Å². The molecule has 0 spiro atoms. The van der Waals surface area contributed by atoms with Crippen molar-refractivity contribution < 1.29 is 0 Å². The van der Waals surface area contributed by atoms with E-state index in [0.29, 0.717) is 11.6 Å². The first-order chi connectivity index (χ1) is 8.33. The number of nitrogens with zero attached hydrogens (tertiary/aromatic N) is 3. The van der Waals surface area contributed by atoms with Crippen LogP contribution in [-0.2, 0) is 6.54 Å². The summed E-state index contributed by atoms with van der Waals surface area (Å²) in [5.41, 5.74) is 2.16. The van der Waals surface area contributed by atoms with Gasteiger partial charge in [-0.15, -0.1) is 0 Å². The summed E-state index contributed by atoms with van der Waals surface area (Å²) in [7, 11) is 0. The van der Waals surface area contributed by atoms with Crippen LogP contribution in [0.25, 0.3) is 10.9 Å². The summed E-state index contributed by atoms with van der Waals surface area (Å²) in [4.78, 5) is 4.41. The van der Waals surface area contributed by atoms with Crippen molar-refractivity contribution in [3.05, 3.63) is 59.5 Å². The standard InChI is InChI=1S/C13H10ClN3/c14-12-7-16-17(9-12)8-11-4-1-3-10-5-2-6-15-13(10)11/h1-7,9H,8H2. The van der Waals surface area contributed by atoms with Gasteiger partial charge in [0.05, 0.1) is 23.3 Å². The number of fused-ring (bicyclic) bond motifs is 1. The van der Waals surface area contributed by atoms with Crippen LogP contribution in [0.1, 0.15) is 5.56 Å². The lowest BCUT2D eigenvalue weighted by molar-refractivity contribution is 0.689. The zero-order valence-corrected chi connectivity index (χ0v) is 9.80. The van der Waals surface area contributed by atoms with Crippen LogP contribution in [0, 0.1) is 0 Å². The molecule has 0 radical (unpaired) electrons. The minimum atomic E-state index is 0.651. The molecule has 3 rings (SSSR count). The first-order valence-electron chi connectivity index (χ1n) is 5.33. The van der Waals surface area contributed by atoms with Gasteiger partial charge in [-0.2, -0.15) is 5.10 Å². The summed E-state index contributed by atoms with van der Waals surface area (Å²) >= 11 is 5.85. The van der Waals surface area contributed by atoms with Gasteiger partial charge in [-0.3, -0.25) is 9.67 Å². The second kappa shape index (κ2) is 4.18. The van der Waals surface area contributed by atoms with Crippen molar-refractivity contribution in [2.75, 3.05) is 0 Å². The summed E-state index contributed by atoms with van der Waals surface area (Å²) in [6.07, 6.45) is 5.26. The van der Waals surface area contributed by atoms with Crippen molar-refractivity contribution in [3.8, 4) is 0 Å². The van der Waals surface area contributed by atoms with Crippen molar-refractivity contribution in [2.24, 2.45) is 0 Å². The highest BCUT2D eigenvalue weighted by molar-refractivity contribution is 6.30. The van der Waals surface area contributed by atoms with Crippen LogP contribution in [0.3, 0.4) is 0 Å². The van der Waals surface area contributed by atoms with Crippen molar-refractivity contribution in [1.29, 1.82) is 0 Å². The largest absolute Gasteiger partial charge is 0.267 e. The van der Waals surface area contributed by atoms with Gasteiger partial charge in [0.25, 0.3) is 0 Å². The fraction of sp³-hybridized carbons (Fsp3) is 0.0769. The lowest BCUT2D eigenvalue weighted by Crippen LogP contribution is -2.01. The highest BCUT2D eigenvalue weighted by Gasteiger charge is 2.03. The van der Waals surface area contributed by atoms with Gasteiger partial charge < -0.3 is 0 Å². The van der Waals surface area contributed by atoms with Crippen molar-refractivity contribution in [2.45, 2.75) is 6.54 Å². The Morgan fingerprint density at radius 3 is 2.88 bits per heavy atom. The van der Waals surface area contributed by atoms with Gasteiger partial charge in [-0.05, 0) is 11.6 Å². The molecule has 0 saturated carbocycles. The van der Waals surface area contributed by atoms with Crippen LogP contribution < -0.4 is 0 Å². The molecule has 4 heteroatoms. The van der Waals surface area contributed by atoms with Crippen LogP contribution in [0.2, 0.25) is 5.02 Å². The molecule has 0 aliphatic heterocycles. The van der Waals surface area contributed by atoms with Crippen LogP contribution in [0.15, 0.2) is 48.9 Å². The average Bonchev–Trinajstić information content (AvgIpc) is 2.75. The Labute approximate surface area is 104 Å². The molecule has 0 saturated heterocycles. The molecular formula is C13H10ClN3. The first-order valence-corrected chi connectivity index (χ1v) is 5.71. The molecular weight excluding hydrogens is 234 g/mol. The molecule has 0 fully saturated rings. The molecule has 3 aromatic rings. The Kier molecular flexibility index (Phi) is 2.53. The van der Waals surface area contributed by atoms with E-state index in [4.69, 9.17) is 11.6 Å². The van der Waals surface area contributed by atoms with Gasteiger partial charge in [0.2, 0.25) is 0 Å². The molecule has 0 N–H and O–H groups in total. The lowest BCUT2D eigenvalue weighted by Gasteiger charge is -2.05. The molecule has 0 aliphatic rings. The zero-order chi connectivity index (χ0) is 11.7. The fourth-order valence-corrected chi connectivity index (χ4v) is 2.05. The van der Waals surface area contributed by atoms with E-state index in [-0.39, 0.29) is 0 Å². The Balaban J connectivity index is 2.05. The van der Waals surface area contributed by atoms with E-state index in [9.17, 15) is 0 Å². The molecule has 17 heavy (non-hydrogen) atoms. The molecule has 0 atom stereocenters. The van der Waals surface area contributed by atoms with Crippen LogP contribution in [0.5, 0.6) is 0 Å². The highest BCUT2D eigenvalue weighted by atomic mass is 35.5. The Morgan fingerprint density at radius 2 is 2.06 bits per heavy atom. The number of aromatic nitrogens is 3. The smallest absolute Gasteiger partial charge is 0.0785 e. The molecule has 3 nitrogen and oxygen atoms in total. The quantitative estimate of drug-likeness (QED) is 0.692. The summed E-state index contributed by atoms with van der Waals surface area (Å²) in [6, 6.07) is 10.1. The fourth-order valence-electron chi connectivity index (χ4n) is 1.89. The Hall–Kier alpha value is -1.87. The molecule has 0 unspecified atom stereocenters. The van der Waals surface area contributed by atoms with E-state index in [2.05, 4.69) is 28.3 Å². The number of benzene rings is 1. The molecule has 0 amide bonds. The van der Waals surface area contributed by atoms with Gasteiger partial charge >= 0.3 is 0 Å². The summed E-state index contributed by atoms with van der Waals surface area (Å²) in [5.74, 6) is 0. The van der Waals surface area contributed by atoms with Crippen LogP contribution in [0.4, 0.5) is 0 Å². The van der Waals surface area contributed by atoms with E-state index in [1.807, 2.05) is 29.2 Å². The maximum absolute atomic E-state index is 5.85. The Bertz CT molecular complexity index is 655. The lowest BCUT2D eigenvalue weighted by atomic mass is 10.1. The predicted octanol–water partition coefficient (Wildman–Crippen LogP) is 3.13.